The number of rotatable bonds is 5. The molecule has 0 heterocycles. The van der Waals surface area contributed by atoms with Crippen LogP contribution in [-0.2, 0) is 9.59 Å². The van der Waals surface area contributed by atoms with Crippen LogP contribution in [0.5, 0.6) is 0 Å². The average Bonchev–Trinajstić information content (AvgIpc) is 2.54. The van der Waals surface area contributed by atoms with E-state index in [4.69, 9.17) is 0 Å². The van der Waals surface area contributed by atoms with Gasteiger partial charge in [0.05, 0.1) is 5.92 Å². The molecule has 4 heteroatoms. The summed E-state index contributed by atoms with van der Waals surface area (Å²) in [6, 6.07) is 6.17. The van der Waals surface area contributed by atoms with Crippen LogP contribution >= 0.6 is 0 Å². The van der Waals surface area contributed by atoms with Crippen LogP contribution in [0, 0.1) is 11.8 Å². The molecule has 1 aliphatic rings. The van der Waals surface area contributed by atoms with Gasteiger partial charge in [-0.1, -0.05) is 52.3 Å². The zero-order valence-corrected chi connectivity index (χ0v) is 15.1. The Morgan fingerprint density at radius 1 is 1.04 bits per heavy atom. The predicted octanol–water partition coefficient (Wildman–Crippen LogP) is 4.76. The highest BCUT2D eigenvalue weighted by molar-refractivity contribution is 5.94. The standard InChI is InChI=1S/C20H29NO3/c1-12(2)16-9-6-10-17(13(3)4)18(16)21-19(22)14-7-5-8-15(11-14)20(23)24/h6,9-10,12-15H,5,7-8,11H2,1-4H3,(H,21,22)(H,23,24). The van der Waals surface area contributed by atoms with Gasteiger partial charge in [0.2, 0.25) is 5.91 Å². The highest BCUT2D eigenvalue weighted by Crippen LogP contribution is 2.35. The van der Waals surface area contributed by atoms with E-state index in [1.807, 2.05) is 6.07 Å². The molecule has 24 heavy (non-hydrogen) atoms. The van der Waals surface area contributed by atoms with Crippen molar-refractivity contribution in [1.82, 2.24) is 0 Å². The third-order valence-electron chi connectivity index (χ3n) is 5.02. The van der Waals surface area contributed by atoms with E-state index in [9.17, 15) is 14.7 Å². The summed E-state index contributed by atoms with van der Waals surface area (Å²) in [5.74, 6) is -0.775. The fraction of sp³-hybridized carbons (Fsp3) is 0.600. The number of hydrogen-bond donors (Lipinski definition) is 2. The topological polar surface area (TPSA) is 66.4 Å². The number of aliphatic carboxylic acids is 1. The molecule has 2 atom stereocenters. The number of amides is 1. The molecule has 4 nitrogen and oxygen atoms in total. The summed E-state index contributed by atoms with van der Waals surface area (Å²) in [5.41, 5.74) is 3.20. The fourth-order valence-corrected chi connectivity index (χ4v) is 3.57. The van der Waals surface area contributed by atoms with Crippen LogP contribution in [0.3, 0.4) is 0 Å². The minimum absolute atomic E-state index is 0.0315. The number of hydrogen-bond acceptors (Lipinski definition) is 2. The van der Waals surface area contributed by atoms with Crippen molar-refractivity contribution < 1.29 is 14.7 Å². The molecule has 0 radical (unpaired) electrons. The fourth-order valence-electron chi connectivity index (χ4n) is 3.57. The lowest BCUT2D eigenvalue weighted by Crippen LogP contribution is -2.31. The van der Waals surface area contributed by atoms with Crippen molar-refractivity contribution in [2.24, 2.45) is 11.8 Å². The lowest BCUT2D eigenvalue weighted by molar-refractivity contribution is -0.143. The van der Waals surface area contributed by atoms with Crippen LogP contribution < -0.4 is 5.32 Å². The molecule has 0 bridgehead atoms. The van der Waals surface area contributed by atoms with Gasteiger partial charge in [0.1, 0.15) is 0 Å². The first-order valence-corrected chi connectivity index (χ1v) is 8.97. The maximum atomic E-state index is 12.8. The molecule has 0 aromatic heterocycles. The van der Waals surface area contributed by atoms with Gasteiger partial charge in [0, 0.05) is 11.6 Å². The van der Waals surface area contributed by atoms with Gasteiger partial charge in [-0.2, -0.15) is 0 Å². The molecule has 1 aromatic rings. The zero-order chi connectivity index (χ0) is 17.9. The SMILES string of the molecule is CC(C)c1cccc(C(C)C)c1NC(=O)C1CCCC(C(=O)O)C1. The van der Waals surface area contributed by atoms with Gasteiger partial charge in [-0.15, -0.1) is 0 Å². The quantitative estimate of drug-likeness (QED) is 0.817. The normalized spacial score (nSPS) is 21.1. The summed E-state index contributed by atoms with van der Waals surface area (Å²) in [7, 11) is 0. The lowest BCUT2D eigenvalue weighted by Gasteiger charge is -2.27. The second kappa shape index (κ2) is 7.82. The van der Waals surface area contributed by atoms with Gasteiger partial charge >= 0.3 is 5.97 Å². The molecule has 1 saturated carbocycles. The Morgan fingerprint density at radius 3 is 2.08 bits per heavy atom. The summed E-state index contributed by atoms with van der Waals surface area (Å²) >= 11 is 0. The molecule has 1 amide bonds. The first-order valence-electron chi connectivity index (χ1n) is 8.97. The van der Waals surface area contributed by atoms with Crippen molar-refractivity contribution >= 4 is 17.6 Å². The van der Waals surface area contributed by atoms with Crippen LogP contribution in [-0.4, -0.2) is 17.0 Å². The first kappa shape index (κ1) is 18.5. The van der Waals surface area contributed by atoms with Crippen molar-refractivity contribution in [3.8, 4) is 0 Å². The van der Waals surface area contributed by atoms with E-state index in [1.54, 1.807) is 0 Å². The molecule has 1 aliphatic carbocycles. The Balaban J connectivity index is 2.23. The Morgan fingerprint density at radius 2 is 1.58 bits per heavy atom. The average molecular weight is 331 g/mol. The highest BCUT2D eigenvalue weighted by atomic mass is 16.4. The van der Waals surface area contributed by atoms with Crippen LogP contribution in [0.4, 0.5) is 5.69 Å². The number of anilines is 1. The number of nitrogens with one attached hydrogen (secondary N) is 1. The Kier molecular flexibility index (Phi) is 6.03. The van der Waals surface area contributed by atoms with E-state index in [1.165, 1.54) is 0 Å². The van der Waals surface area contributed by atoms with Crippen molar-refractivity contribution in [3.63, 3.8) is 0 Å². The maximum absolute atomic E-state index is 12.8. The van der Waals surface area contributed by atoms with Gasteiger partial charge in [-0.25, -0.2) is 0 Å². The lowest BCUT2D eigenvalue weighted by atomic mass is 9.81. The largest absolute Gasteiger partial charge is 0.481 e. The molecule has 132 valence electrons. The number of carboxylic acids is 1. The Labute approximate surface area is 144 Å². The number of carbonyl (C=O) groups excluding carboxylic acids is 1. The number of carbonyl (C=O) groups is 2. The van der Waals surface area contributed by atoms with Crippen molar-refractivity contribution in [2.75, 3.05) is 5.32 Å². The molecule has 2 unspecified atom stereocenters. The monoisotopic (exact) mass is 331 g/mol. The highest BCUT2D eigenvalue weighted by Gasteiger charge is 2.31. The van der Waals surface area contributed by atoms with Crippen LogP contribution in [0.1, 0.15) is 76.3 Å². The van der Waals surface area contributed by atoms with Crippen LogP contribution in [0.2, 0.25) is 0 Å². The van der Waals surface area contributed by atoms with Crippen molar-refractivity contribution in [1.29, 1.82) is 0 Å². The van der Waals surface area contributed by atoms with E-state index >= 15 is 0 Å². The molecule has 2 N–H and O–H groups in total. The van der Waals surface area contributed by atoms with E-state index in [0.717, 1.165) is 29.7 Å². The number of benzene rings is 1. The second-order valence-electron chi connectivity index (χ2n) is 7.51. The third-order valence-corrected chi connectivity index (χ3v) is 5.02. The molecular weight excluding hydrogens is 302 g/mol. The van der Waals surface area contributed by atoms with Crippen LogP contribution in [0.15, 0.2) is 18.2 Å². The zero-order valence-electron chi connectivity index (χ0n) is 15.1. The number of para-hydroxylation sites is 1. The van der Waals surface area contributed by atoms with Crippen LogP contribution in [0.25, 0.3) is 0 Å². The molecule has 0 saturated heterocycles. The molecule has 0 aliphatic heterocycles. The molecule has 1 aromatic carbocycles. The van der Waals surface area contributed by atoms with Crippen molar-refractivity contribution in [2.45, 2.75) is 65.2 Å². The minimum Gasteiger partial charge on any atom is -0.481 e. The van der Waals surface area contributed by atoms with Gasteiger partial charge < -0.3 is 10.4 Å². The summed E-state index contributed by atoms with van der Waals surface area (Å²) in [4.78, 5) is 24.0. The summed E-state index contributed by atoms with van der Waals surface area (Å²) < 4.78 is 0. The first-order chi connectivity index (χ1) is 11.3. The second-order valence-corrected chi connectivity index (χ2v) is 7.51. The molecule has 0 spiro atoms. The predicted molar refractivity (Wildman–Crippen MR) is 96.3 cm³/mol. The number of carboxylic acid groups (broad SMARTS) is 1. The third kappa shape index (κ3) is 4.16. The van der Waals surface area contributed by atoms with E-state index in [2.05, 4.69) is 45.1 Å². The van der Waals surface area contributed by atoms with Gasteiger partial charge in [0.15, 0.2) is 0 Å². The molecular formula is C20H29NO3. The maximum Gasteiger partial charge on any atom is 0.306 e. The van der Waals surface area contributed by atoms with Gasteiger partial charge in [-0.3, -0.25) is 9.59 Å². The summed E-state index contributed by atoms with van der Waals surface area (Å²) in [6.07, 6.45) is 2.70. The van der Waals surface area contributed by atoms with E-state index in [-0.39, 0.29) is 17.7 Å². The van der Waals surface area contributed by atoms with E-state index < -0.39 is 5.97 Å². The molecule has 2 rings (SSSR count). The summed E-state index contributed by atoms with van der Waals surface area (Å²) in [5, 5.41) is 12.4. The van der Waals surface area contributed by atoms with Crippen molar-refractivity contribution in [3.05, 3.63) is 29.3 Å². The van der Waals surface area contributed by atoms with Gasteiger partial charge in [-0.05, 0) is 42.2 Å². The molecule has 1 fully saturated rings. The Bertz CT molecular complexity index is 581. The van der Waals surface area contributed by atoms with E-state index in [0.29, 0.717) is 24.7 Å². The summed E-state index contributed by atoms with van der Waals surface area (Å²) in [6.45, 7) is 8.48. The Hall–Kier alpha value is -1.84. The minimum atomic E-state index is -0.780. The van der Waals surface area contributed by atoms with Gasteiger partial charge in [0.25, 0.3) is 0 Å². The smallest absolute Gasteiger partial charge is 0.306 e.